The molecule has 0 aromatic carbocycles. The van der Waals surface area contributed by atoms with Crippen LogP contribution in [0.4, 0.5) is 0 Å². The molecule has 114 valence electrons. The molecule has 0 bridgehead atoms. The predicted octanol–water partition coefficient (Wildman–Crippen LogP) is 3.56. The Kier molecular flexibility index (Phi) is 4.65. The zero-order chi connectivity index (χ0) is 15.4. The van der Waals surface area contributed by atoms with Crippen LogP contribution in [0.1, 0.15) is 34.3 Å². The summed E-state index contributed by atoms with van der Waals surface area (Å²) in [5.74, 6) is 0. The second-order valence-electron chi connectivity index (χ2n) is 5.50. The topological polar surface area (TPSA) is 53.6 Å². The maximum Gasteiger partial charge on any atom is 0.0925 e. The Hall–Kier alpha value is -1.98. The van der Waals surface area contributed by atoms with Crippen LogP contribution in [-0.2, 0) is 13.0 Å². The lowest BCUT2D eigenvalue weighted by molar-refractivity contribution is 0.514. The average Bonchev–Trinajstić information content (AvgIpc) is 3.16. The van der Waals surface area contributed by atoms with Crippen LogP contribution in [-0.4, -0.2) is 15.0 Å². The number of imidazole rings is 1. The Labute approximate surface area is 134 Å². The van der Waals surface area contributed by atoms with Crippen LogP contribution in [0.5, 0.6) is 0 Å². The summed E-state index contributed by atoms with van der Waals surface area (Å²) in [6.45, 7) is 4.84. The van der Waals surface area contributed by atoms with Crippen molar-refractivity contribution >= 4 is 11.3 Å². The summed E-state index contributed by atoms with van der Waals surface area (Å²) in [5.41, 5.74) is 5.76. The zero-order valence-electron chi connectivity index (χ0n) is 12.8. The van der Waals surface area contributed by atoms with Gasteiger partial charge in [0.25, 0.3) is 0 Å². The largest absolute Gasteiger partial charge is 0.348 e. The van der Waals surface area contributed by atoms with E-state index in [9.17, 15) is 0 Å². The van der Waals surface area contributed by atoms with Gasteiger partial charge in [0.2, 0.25) is 0 Å². The molecule has 1 unspecified atom stereocenters. The van der Waals surface area contributed by atoms with E-state index in [1.54, 1.807) is 17.7 Å². The van der Waals surface area contributed by atoms with Gasteiger partial charge in [-0.2, -0.15) is 11.3 Å². The molecule has 3 rings (SSSR count). The van der Waals surface area contributed by atoms with Crippen LogP contribution in [0.25, 0.3) is 0 Å². The van der Waals surface area contributed by atoms with Crippen molar-refractivity contribution in [2.24, 2.45) is 0 Å². The number of hydrogen-bond acceptors (Lipinski definition) is 4. The predicted molar refractivity (Wildman–Crippen MR) is 89.9 cm³/mol. The third-order valence-electron chi connectivity index (χ3n) is 3.76. The Balaban J connectivity index is 1.76. The van der Waals surface area contributed by atoms with Crippen molar-refractivity contribution in [2.75, 3.05) is 0 Å². The first-order chi connectivity index (χ1) is 10.7. The molecule has 1 atom stereocenters. The summed E-state index contributed by atoms with van der Waals surface area (Å²) in [6.07, 6.45) is 4.60. The highest BCUT2D eigenvalue weighted by Crippen LogP contribution is 2.19. The molecule has 22 heavy (non-hydrogen) atoms. The van der Waals surface area contributed by atoms with E-state index in [1.807, 2.05) is 13.1 Å². The Morgan fingerprint density at radius 1 is 1.23 bits per heavy atom. The number of thiophene rings is 1. The van der Waals surface area contributed by atoms with Crippen molar-refractivity contribution in [3.63, 3.8) is 0 Å². The molecule has 0 amide bonds. The van der Waals surface area contributed by atoms with Crippen molar-refractivity contribution in [3.05, 3.63) is 69.7 Å². The van der Waals surface area contributed by atoms with E-state index >= 15 is 0 Å². The summed E-state index contributed by atoms with van der Waals surface area (Å²) in [7, 11) is 0. The molecule has 0 radical (unpaired) electrons. The highest BCUT2D eigenvalue weighted by Gasteiger charge is 2.14. The van der Waals surface area contributed by atoms with E-state index in [4.69, 9.17) is 0 Å². The van der Waals surface area contributed by atoms with Gasteiger partial charge >= 0.3 is 0 Å². The number of nitrogens with zero attached hydrogens (tertiary/aromatic N) is 2. The molecule has 0 aliphatic heterocycles. The van der Waals surface area contributed by atoms with Gasteiger partial charge < -0.3 is 10.3 Å². The Morgan fingerprint density at radius 3 is 2.77 bits per heavy atom. The first kappa shape index (κ1) is 14.9. The summed E-state index contributed by atoms with van der Waals surface area (Å²) in [6, 6.07) is 6.58. The normalized spacial score (nSPS) is 12.5. The molecule has 3 aromatic rings. The third kappa shape index (κ3) is 3.61. The first-order valence-corrected chi connectivity index (χ1v) is 8.32. The van der Waals surface area contributed by atoms with Gasteiger partial charge in [0.1, 0.15) is 0 Å². The molecule has 0 aliphatic carbocycles. The van der Waals surface area contributed by atoms with Crippen LogP contribution >= 0.6 is 11.3 Å². The molecule has 0 saturated carbocycles. The number of nitrogens with one attached hydrogen (secondary N) is 2. The van der Waals surface area contributed by atoms with Gasteiger partial charge in [0, 0.05) is 18.4 Å². The van der Waals surface area contributed by atoms with Gasteiger partial charge in [-0.15, -0.1) is 0 Å². The van der Waals surface area contributed by atoms with E-state index < -0.39 is 0 Å². The number of aryl methyl sites for hydroxylation is 2. The minimum absolute atomic E-state index is 0.186. The number of aromatic amines is 1. The minimum Gasteiger partial charge on any atom is -0.348 e. The van der Waals surface area contributed by atoms with E-state index in [0.29, 0.717) is 0 Å². The van der Waals surface area contributed by atoms with Crippen LogP contribution in [0.3, 0.4) is 0 Å². The third-order valence-corrected chi connectivity index (χ3v) is 4.49. The second kappa shape index (κ2) is 6.85. The fourth-order valence-corrected chi connectivity index (χ4v) is 3.08. The molecule has 0 saturated heterocycles. The molecule has 2 N–H and O–H groups in total. The highest BCUT2D eigenvalue weighted by molar-refractivity contribution is 7.07. The van der Waals surface area contributed by atoms with Gasteiger partial charge in [-0.25, -0.2) is 4.98 Å². The van der Waals surface area contributed by atoms with Crippen LogP contribution < -0.4 is 5.32 Å². The number of rotatable bonds is 6. The molecular weight excluding hydrogens is 292 g/mol. The molecule has 3 heterocycles. The lowest BCUT2D eigenvalue weighted by atomic mass is 10.0. The molecule has 0 fully saturated rings. The number of pyridine rings is 1. The summed E-state index contributed by atoms with van der Waals surface area (Å²) in [5, 5.41) is 7.91. The van der Waals surface area contributed by atoms with E-state index in [-0.39, 0.29) is 6.04 Å². The first-order valence-electron chi connectivity index (χ1n) is 7.38. The van der Waals surface area contributed by atoms with Crippen LogP contribution in [0, 0.1) is 13.8 Å². The quantitative estimate of drug-likeness (QED) is 0.732. The van der Waals surface area contributed by atoms with Crippen molar-refractivity contribution < 1.29 is 0 Å². The van der Waals surface area contributed by atoms with Gasteiger partial charge in [-0.05, 0) is 54.3 Å². The van der Waals surface area contributed by atoms with Gasteiger partial charge in [0.15, 0.2) is 0 Å². The van der Waals surface area contributed by atoms with Crippen LogP contribution in [0.2, 0.25) is 0 Å². The van der Waals surface area contributed by atoms with Gasteiger partial charge in [-0.1, -0.05) is 6.07 Å². The van der Waals surface area contributed by atoms with Crippen molar-refractivity contribution in [1.82, 2.24) is 20.3 Å². The lowest BCUT2D eigenvalue weighted by Gasteiger charge is -2.18. The number of hydrogen-bond donors (Lipinski definition) is 2. The average molecular weight is 312 g/mol. The van der Waals surface area contributed by atoms with Crippen molar-refractivity contribution in [3.8, 4) is 0 Å². The smallest absolute Gasteiger partial charge is 0.0925 e. The monoisotopic (exact) mass is 312 g/mol. The molecular formula is C17H20N4S. The maximum absolute atomic E-state index is 4.59. The Bertz CT molecular complexity index is 701. The molecule has 5 heteroatoms. The maximum atomic E-state index is 4.59. The molecule has 0 spiro atoms. The minimum atomic E-state index is 0.186. The van der Waals surface area contributed by atoms with Crippen molar-refractivity contribution in [2.45, 2.75) is 32.9 Å². The number of aromatic nitrogens is 3. The second-order valence-corrected chi connectivity index (χ2v) is 6.28. The van der Waals surface area contributed by atoms with Gasteiger partial charge in [0.05, 0.1) is 23.8 Å². The fourth-order valence-electron chi connectivity index (χ4n) is 2.40. The lowest BCUT2D eigenvalue weighted by Crippen LogP contribution is -2.24. The van der Waals surface area contributed by atoms with E-state index in [0.717, 1.165) is 30.0 Å². The highest BCUT2D eigenvalue weighted by atomic mass is 32.1. The summed E-state index contributed by atoms with van der Waals surface area (Å²) in [4.78, 5) is 12.1. The number of H-pyrrole nitrogens is 1. The molecule has 0 aliphatic rings. The van der Waals surface area contributed by atoms with Gasteiger partial charge in [-0.3, -0.25) is 4.98 Å². The molecule has 4 nitrogen and oxygen atoms in total. The SMILES string of the molecule is Cc1ccc(C(Cc2ccsc2)NCc2nc[nH]c2C)nc1. The van der Waals surface area contributed by atoms with Crippen molar-refractivity contribution in [1.29, 1.82) is 0 Å². The zero-order valence-corrected chi connectivity index (χ0v) is 13.7. The summed E-state index contributed by atoms with van der Waals surface area (Å²) < 4.78 is 0. The van der Waals surface area contributed by atoms with Crippen LogP contribution in [0.15, 0.2) is 41.5 Å². The van der Waals surface area contributed by atoms with E-state index in [2.05, 4.69) is 56.2 Å². The Morgan fingerprint density at radius 2 is 2.14 bits per heavy atom. The standard InChI is InChI=1S/C17H20N4S/c1-12-3-4-15(18-8-12)16(7-14-5-6-22-10-14)19-9-17-13(2)20-11-21-17/h3-6,8,10-11,16,19H,7,9H2,1-2H3,(H,20,21). The fraction of sp³-hybridized carbons (Fsp3) is 0.294. The molecule has 3 aromatic heterocycles. The summed E-state index contributed by atoms with van der Waals surface area (Å²) >= 11 is 1.73. The van der Waals surface area contributed by atoms with E-state index in [1.165, 1.54) is 11.1 Å².